The third kappa shape index (κ3) is 5.80. The highest BCUT2D eigenvalue weighted by atomic mass is 35.5. The van der Waals surface area contributed by atoms with Gasteiger partial charge in [-0.3, -0.25) is 19.1 Å². The first kappa shape index (κ1) is 24.9. The van der Waals surface area contributed by atoms with Gasteiger partial charge in [0.25, 0.3) is 11.7 Å². The fraction of sp³-hybridized carbons (Fsp3) is 0.143. The number of carbonyl (C=O) groups is 3. The van der Waals surface area contributed by atoms with Crippen LogP contribution in [-0.2, 0) is 17.9 Å². The maximum Gasteiger partial charge on any atom is 0.299 e. The van der Waals surface area contributed by atoms with Gasteiger partial charge in [-0.15, -0.1) is 5.10 Å². The van der Waals surface area contributed by atoms with E-state index in [1.54, 1.807) is 59.4 Å². The Bertz CT molecular complexity index is 1340. The van der Waals surface area contributed by atoms with Crippen LogP contribution in [0, 0.1) is 31.6 Å². The number of hydrogen-bond donors (Lipinski definition) is 0. The first-order valence-corrected chi connectivity index (χ1v) is 12.1. The number of amides is 1. The van der Waals surface area contributed by atoms with Crippen molar-refractivity contribution in [1.29, 1.82) is 0 Å². The summed E-state index contributed by atoms with van der Waals surface area (Å²) in [7, 11) is 0. The van der Waals surface area contributed by atoms with Crippen molar-refractivity contribution in [2.45, 2.75) is 19.6 Å². The Balaban J connectivity index is 1.09. The van der Waals surface area contributed by atoms with E-state index in [4.69, 9.17) is 16.3 Å². The second kappa shape index (κ2) is 11.1. The standard InChI is InChI=1S/C28H22ClN4O4/c29-21-9-12-25-24(16-21)27(35)28(36)33(25)15-3-14-32-17-22(30-31-32)18-37-23-10-7-20(8-11-23)26(34)13-6-19-4-1-2-5-19/h1-2,4-13,16-17H,3,14-15,18H2/b13-6+. The molecule has 1 aliphatic carbocycles. The number of halogens is 1. The molecule has 37 heavy (non-hydrogen) atoms. The van der Waals surface area contributed by atoms with Crippen molar-refractivity contribution in [1.82, 2.24) is 15.0 Å². The Hall–Kier alpha value is -3.78. The minimum atomic E-state index is -0.546. The summed E-state index contributed by atoms with van der Waals surface area (Å²) in [4.78, 5) is 38.3. The molecule has 0 N–H and O–H groups in total. The second-order valence-electron chi connectivity index (χ2n) is 8.50. The summed E-state index contributed by atoms with van der Waals surface area (Å²) < 4.78 is 7.44. The van der Waals surface area contributed by atoms with E-state index in [0.717, 1.165) is 5.92 Å². The van der Waals surface area contributed by atoms with Crippen LogP contribution in [-0.4, -0.2) is 39.0 Å². The lowest BCUT2D eigenvalue weighted by atomic mass is 10.1. The summed E-state index contributed by atoms with van der Waals surface area (Å²) in [6.07, 6.45) is 13.4. The van der Waals surface area contributed by atoms with Gasteiger partial charge in [0.05, 0.1) is 17.4 Å². The van der Waals surface area contributed by atoms with Crippen LogP contribution in [0.25, 0.3) is 0 Å². The van der Waals surface area contributed by atoms with Crippen molar-refractivity contribution in [3.05, 3.63) is 114 Å². The van der Waals surface area contributed by atoms with Crippen LogP contribution in [0.1, 0.15) is 32.8 Å². The number of allylic oxidation sites excluding steroid dienone is 2. The van der Waals surface area contributed by atoms with Crippen LogP contribution < -0.4 is 9.64 Å². The molecule has 0 atom stereocenters. The minimum Gasteiger partial charge on any atom is -0.487 e. The molecular formula is C28H22ClN4O4. The van der Waals surface area contributed by atoms with Gasteiger partial charge >= 0.3 is 0 Å². The predicted molar refractivity (Wildman–Crippen MR) is 137 cm³/mol. The average molecular weight is 514 g/mol. The number of Topliss-reactive ketones (excluding diaryl/α,β-unsaturated/α-hetero) is 1. The van der Waals surface area contributed by atoms with E-state index in [-0.39, 0.29) is 12.4 Å². The lowest BCUT2D eigenvalue weighted by molar-refractivity contribution is -0.114. The number of rotatable bonds is 10. The monoisotopic (exact) mass is 513 g/mol. The molecule has 1 aromatic heterocycles. The van der Waals surface area contributed by atoms with Gasteiger partial charge in [-0.25, -0.2) is 0 Å². The zero-order chi connectivity index (χ0) is 25.8. The van der Waals surface area contributed by atoms with Gasteiger partial charge in [-0.2, -0.15) is 0 Å². The number of nitrogens with zero attached hydrogens (tertiary/aromatic N) is 4. The van der Waals surface area contributed by atoms with Crippen molar-refractivity contribution < 1.29 is 19.1 Å². The number of aromatic nitrogens is 3. The fourth-order valence-corrected chi connectivity index (χ4v) is 4.21. The van der Waals surface area contributed by atoms with Crippen LogP contribution in [0.3, 0.4) is 0 Å². The van der Waals surface area contributed by atoms with Gasteiger partial charge in [-0.1, -0.05) is 22.9 Å². The van der Waals surface area contributed by atoms with Gasteiger partial charge in [-0.05, 0) is 80.6 Å². The molecule has 1 amide bonds. The highest BCUT2D eigenvalue weighted by Crippen LogP contribution is 2.31. The topological polar surface area (TPSA) is 94.4 Å². The molecule has 1 aliphatic heterocycles. The molecule has 0 spiro atoms. The van der Waals surface area contributed by atoms with Crippen LogP contribution in [0.15, 0.2) is 60.8 Å². The van der Waals surface area contributed by atoms with Gasteiger partial charge in [0.2, 0.25) is 0 Å². The number of ketones is 2. The normalized spacial score (nSPS) is 15.6. The maximum atomic E-state index is 12.3. The summed E-state index contributed by atoms with van der Waals surface area (Å²) in [5.74, 6) is 0.432. The molecule has 2 heterocycles. The SMILES string of the molecule is O=C(/C=C/[C]1[CH][CH][CH][CH]1)c1ccc(OCc2cn(CCCN3C(=O)C(=O)c4cc(Cl)ccc43)nn2)cc1. The Kier molecular flexibility index (Phi) is 7.46. The lowest BCUT2D eigenvalue weighted by Crippen LogP contribution is -2.31. The maximum absolute atomic E-state index is 12.3. The highest BCUT2D eigenvalue weighted by Gasteiger charge is 2.35. The Labute approximate surface area is 219 Å². The molecule has 185 valence electrons. The Morgan fingerprint density at radius 2 is 1.81 bits per heavy atom. The van der Waals surface area contributed by atoms with Crippen LogP contribution >= 0.6 is 11.6 Å². The largest absolute Gasteiger partial charge is 0.487 e. The third-order valence-corrected chi connectivity index (χ3v) is 6.16. The molecule has 1 saturated carbocycles. The molecule has 0 bridgehead atoms. The van der Waals surface area contributed by atoms with E-state index >= 15 is 0 Å². The van der Waals surface area contributed by atoms with Crippen molar-refractivity contribution >= 4 is 34.8 Å². The van der Waals surface area contributed by atoms with E-state index in [0.29, 0.717) is 52.8 Å². The fourth-order valence-electron chi connectivity index (χ4n) is 4.04. The molecule has 2 aliphatic rings. The number of anilines is 1. The number of carbonyl (C=O) groups excluding carboxylic acids is 3. The molecule has 8 nitrogen and oxygen atoms in total. The zero-order valence-corrected chi connectivity index (χ0v) is 20.5. The minimum absolute atomic E-state index is 0.0806. The molecule has 3 aromatic rings. The molecule has 9 heteroatoms. The van der Waals surface area contributed by atoms with E-state index < -0.39 is 11.7 Å². The summed E-state index contributed by atoms with van der Waals surface area (Å²) in [5, 5.41) is 8.65. The second-order valence-corrected chi connectivity index (χ2v) is 8.94. The van der Waals surface area contributed by atoms with E-state index in [2.05, 4.69) is 10.3 Å². The molecule has 1 fully saturated rings. The van der Waals surface area contributed by atoms with E-state index in [1.807, 2.05) is 25.7 Å². The van der Waals surface area contributed by atoms with Gasteiger partial charge in [0.1, 0.15) is 18.1 Å². The molecule has 0 saturated heterocycles. The summed E-state index contributed by atoms with van der Waals surface area (Å²) in [6, 6.07) is 11.8. The van der Waals surface area contributed by atoms with Crippen molar-refractivity contribution in [2.75, 3.05) is 11.4 Å². The lowest BCUT2D eigenvalue weighted by Gasteiger charge is -2.16. The van der Waals surface area contributed by atoms with Crippen molar-refractivity contribution in [3.63, 3.8) is 0 Å². The smallest absolute Gasteiger partial charge is 0.299 e. The predicted octanol–water partition coefficient (Wildman–Crippen LogP) is 4.27. The first-order chi connectivity index (χ1) is 18.0. The van der Waals surface area contributed by atoms with E-state index in [9.17, 15) is 14.4 Å². The van der Waals surface area contributed by atoms with Crippen LogP contribution in [0.2, 0.25) is 5.02 Å². The summed E-state index contributed by atoms with van der Waals surface area (Å²) in [6.45, 7) is 1.11. The van der Waals surface area contributed by atoms with Crippen molar-refractivity contribution in [3.8, 4) is 5.75 Å². The number of fused-ring (bicyclic) bond motifs is 1. The Morgan fingerprint density at radius 3 is 2.59 bits per heavy atom. The average Bonchev–Trinajstić information content (AvgIpc) is 3.64. The van der Waals surface area contributed by atoms with Crippen LogP contribution in [0.5, 0.6) is 5.75 Å². The quantitative estimate of drug-likeness (QED) is 0.228. The molecular weight excluding hydrogens is 492 g/mol. The number of ether oxygens (including phenoxy) is 1. The van der Waals surface area contributed by atoms with Gasteiger partial charge in [0, 0.05) is 29.6 Å². The molecule has 2 aromatic carbocycles. The number of aryl methyl sites for hydroxylation is 1. The number of hydrogen-bond acceptors (Lipinski definition) is 6. The van der Waals surface area contributed by atoms with E-state index in [1.165, 1.54) is 11.0 Å². The summed E-state index contributed by atoms with van der Waals surface area (Å²) >= 11 is 5.96. The molecule has 0 unspecified atom stereocenters. The Morgan fingerprint density at radius 1 is 1.03 bits per heavy atom. The summed E-state index contributed by atoms with van der Waals surface area (Å²) in [5.41, 5.74) is 2.14. The van der Waals surface area contributed by atoms with Gasteiger partial charge < -0.3 is 9.64 Å². The third-order valence-electron chi connectivity index (χ3n) is 5.93. The molecule has 5 rings (SSSR count). The van der Waals surface area contributed by atoms with Crippen molar-refractivity contribution in [2.24, 2.45) is 0 Å². The number of benzene rings is 2. The highest BCUT2D eigenvalue weighted by molar-refractivity contribution is 6.52. The van der Waals surface area contributed by atoms with Crippen LogP contribution in [0.4, 0.5) is 5.69 Å². The zero-order valence-electron chi connectivity index (χ0n) is 19.7. The van der Waals surface area contributed by atoms with Gasteiger partial charge in [0.15, 0.2) is 5.78 Å². The molecule has 5 radical (unpaired) electrons. The first-order valence-electron chi connectivity index (χ1n) is 11.7.